The van der Waals surface area contributed by atoms with Crippen LogP contribution >= 0.6 is 11.5 Å². The minimum atomic E-state index is -0.480. The molecule has 3 heterocycles. The van der Waals surface area contributed by atoms with E-state index in [1.165, 1.54) is 16.4 Å². The van der Waals surface area contributed by atoms with Crippen molar-refractivity contribution in [2.75, 3.05) is 26.0 Å². The summed E-state index contributed by atoms with van der Waals surface area (Å²) in [5.41, 5.74) is 0. The Kier molecular flexibility index (Phi) is 3.92. The van der Waals surface area contributed by atoms with Crippen molar-refractivity contribution in [1.29, 1.82) is 0 Å². The normalized spacial score (nSPS) is 28.8. The Morgan fingerprint density at radius 3 is 2.83 bits per heavy atom. The highest BCUT2D eigenvalue weighted by Crippen LogP contribution is 2.39. The molecule has 1 aromatic heterocycles. The molecule has 24 heavy (non-hydrogen) atoms. The molecular formula is C15H21N5O3S. The number of hydrogen-bond acceptors (Lipinski definition) is 6. The number of rotatable bonds is 3. The number of urea groups is 1. The lowest BCUT2D eigenvalue weighted by atomic mass is 10.1. The molecule has 0 bridgehead atoms. The molecule has 2 saturated heterocycles. The second kappa shape index (κ2) is 5.96. The number of aromatic nitrogens is 2. The number of nitrogens with zero attached hydrogens (tertiary/aromatic N) is 4. The van der Waals surface area contributed by atoms with Gasteiger partial charge in [0.15, 0.2) is 0 Å². The van der Waals surface area contributed by atoms with Crippen molar-refractivity contribution in [2.45, 2.75) is 49.8 Å². The number of ether oxygens (including phenoxy) is 1. The summed E-state index contributed by atoms with van der Waals surface area (Å²) in [6.07, 6.45) is 3.51. The van der Waals surface area contributed by atoms with Crippen molar-refractivity contribution in [3.05, 3.63) is 5.82 Å². The van der Waals surface area contributed by atoms with Gasteiger partial charge in [0.05, 0.1) is 12.1 Å². The molecule has 0 aromatic carbocycles. The highest BCUT2D eigenvalue weighted by molar-refractivity contribution is 7.09. The molecule has 8 nitrogen and oxygen atoms in total. The van der Waals surface area contributed by atoms with E-state index in [1.807, 2.05) is 0 Å². The molecular weight excluding hydrogens is 330 g/mol. The van der Waals surface area contributed by atoms with Gasteiger partial charge in [-0.05, 0) is 19.3 Å². The maximum absolute atomic E-state index is 12.8. The van der Waals surface area contributed by atoms with E-state index >= 15 is 0 Å². The molecule has 3 atom stereocenters. The van der Waals surface area contributed by atoms with Crippen LogP contribution in [0.1, 0.15) is 37.4 Å². The van der Waals surface area contributed by atoms with Crippen molar-refractivity contribution in [2.24, 2.45) is 0 Å². The Bertz CT molecular complexity index is 659. The average Bonchev–Trinajstić information content (AvgIpc) is 2.95. The Hall–Kier alpha value is -1.74. The number of anilines is 1. The Labute approximate surface area is 144 Å². The zero-order valence-electron chi connectivity index (χ0n) is 13.8. The molecule has 2 aliphatic heterocycles. The highest BCUT2D eigenvalue weighted by Gasteiger charge is 2.50. The zero-order chi connectivity index (χ0) is 16.8. The van der Waals surface area contributed by atoms with E-state index in [1.54, 1.807) is 19.0 Å². The first kappa shape index (κ1) is 15.8. The number of likely N-dealkylation sites (N-methyl/N-ethyl adjacent to an activating group) is 1. The van der Waals surface area contributed by atoms with Crippen molar-refractivity contribution >= 4 is 28.6 Å². The van der Waals surface area contributed by atoms with Crippen LogP contribution in [-0.2, 0) is 9.53 Å². The van der Waals surface area contributed by atoms with Crippen molar-refractivity contribution < 1.29 is 14.3 Å². The van der Waals surface area contributed by atoms with E-state index in [-0.39, 0.29) is 24.1 Å². The summed E-state index contributed by atoms with van der Waals surface area (Å²) in [7, 11) is 3.42. The van der Waals surface area contributed by atoms with Crippen LogP contribution in [0.2, 0.25) is 0 Å². The van der Waals surface area contributed by atoms with Gasteiger partial charge >= 0.3 is 6.03 Å². The molecule has 1 aromatic rings. The summed E-state index contributed by atoms with van der Waals surface area (Å²) in [5, 5.41) is 3.33. The van der Waals surface area contributed by atoms with Crippen LogP contribution in [-0.4, -0.2) is 70.0 Å². The van der Waals surface area contributed by atoms with E-state index < -0.39 is 6.04 Å². The van der Waals surface area contributed by atoms with Gasteiger partial charge in [0.1, 0.15) is 11.9 Å². The van der Waals surface area contributed by atoms with Gasteiger partial charge < -0.3 is 14.5 Å². The molecule has 3 amide bonds. The van der Waals surface area contributed by atoms with Crippen molar-refractivity contribution in [3.63, 3.8) is 0 Å². The smallest absolute Gasteiger partial charge is 0.324 e. The third kappa shape index (κ3) is 2.75. The Balaban J connectivity index is 1.51. The molecule has 9 heteroatoms. The van der Waals surface area contributed by atoms with Gasteiger partial charge in [0.25, 0.3) is 0 Å². The van der Waals surface area contributed by atoms with Gasteiger partial charge in [-0.15, -0.1) is 0 Å². The monoisotopic (exact) mass is 351 g/mol. The molecule has 0 unspecified atom stereocenters. The van der Waals surface area contributed by atoms with Crippen LogP contribution in [0.5, 0.6) is 0 Å². The number of likely N-dealkylation sites (tertiary alicyclic amines) is 1. The molecule has 1 aliphatic carbocycles. The van der Waals surface area contributed by atoms with Crippen LogP contribution in [0, 0.1) is 0 Å². The Morgan fingerprint density at radius 1 is 1.33 bits per heavy atom. The molecule has 4 rings (SSSR count). The van der Waals surface area contributed by atoms with Gasteiger partial charge in [0.2, 0.25) is 11.0 Å². The molecule has 3 fully saturated rings. The number of carbonyl (C=O) groups excluding carboxylic acids is 2. The fraction of sp³-hybridized carbons (Fsp3) is 0.733. The van der Waals surface area contributed by atoms with Crippen LogP contribution in [0.15, 0.2) is 0 Å². The average molecular weight is 351 g/mol. The summed E-state index contributed by atoms with van der Waals surface area (Å²) in [5.74, 6) is 1.20. The SMILES string of the molecule is CN(C)C(=O)[C@@H]1C[C@@H]2OCC[C@@H]2N1C(=O)Nc1nc(C2CC2)ns1. The summed E-state index contributed by atoms with van der Waals surface area (Å²) >= 11 is 1.20. The third-order valence-electron chi connectivity index (χ3n) is 4.88. The maximum Gasteiger partial charge on any atom is 0.324 e. The van der Waals surface area contributed by atoms with E-state index in [9.17, 15) is 9.59 Å². The number of hydrogen-bond donors (Lipinski definition) is 1. The van der Waals surface area contributed by atoms with Gasteiger partial charge in [-0.3, -0.25) is 10.1 Å². The van der Waals surface area contributed by atoms with Crippen LogP contribution in [0.4, 0.5) is 9.93 Å². The predicted molar refractivity (Wildman–Crippen MR) is 88.0 cm³/mol. The molecule has 0 spiro atoms. The lowest BCUT2D eigenvalue weighted by Crippen LogP contribution is -2.50. The molecule has 1 saturated carbocycles. The third-order valence-corrected chi connectivity index (χ3v) is 5.53. The van der Waals surface area contributed by atoms with E-state index in [4.69, 9.17) is 4.74 Å². The maximum atomic E-state index is 12.8. The van der Waals surface area contributed by atoms with Crippen LogP contribution in [0.25, 0.3) is 0 Å². The first-order valence-corrected chi connectivity index (χ1v) is 9.07. The van der Waals surface area contributed by atoms with Gasteiger partial charge in [-0.2, -0.15) is 4.37 Å². The Morgan fingerprint density at radius 2 is 2.12 bits per heavy atom. The standard InChI is InChI=1S/C15H21N5O3S/c1-19(2)13(21)10-7-11-9(5-6-23-11)20(10)15(22)17-14-16-12(18-24-14)8-3-4-8/h8-11H,3-7H2,1-2H3,(H,16,17,18,22)/t9-,10-,11-/m0/s1. The highest BCUT2D eigenvalue weighted by atomic mass is 32.1. The van der Waals surface area contributed by atoms with Gasteiger partial charge in [-0.1, -0.05) is 0 Å². The fourth-order valence-electron chi connectivity index (χ4n) is 3.50. The zero-order valence-corrected chi connectivity index (χ0v) is 14.6. The van der Waals surface area contributed by atoms with Crippen molar-refractivity contribution in [3.8, 4) is 0 Å². The van der Waals surface area contributed by atoms with Gasteiger partial charge in [-0.25, -0.2) is 9.78 Å². The number of nitrogens with one attached hydrogen (secondary N) is 1. The minimum absolute atomic E-state index is 0.0466. The topological polar surface area (TPSA) is 87.7 Å². The quantitative estimate of drug-likeness (QED) is 0.886. The summed E-state index contributed by atoms with van der Waals surface area (Å²) in [4.78, 5) is 32.9. The second-order valence-electron chi connectivity index (χ2n) is 6.82. The predicted octanol–water partition coefficient (Wildman–Crippen LogP) is 1.27. The van der Waals surface area contributed by atoms with Crippen LogP contribution < -0.4 is 5.32 Å². The minimum Gasteiger partial charge on any atom is -0.376 e. The number of carbonyl (C=O) groups is 2. The summed E-state index contributed by atoms with van der Waals surface area (Å²) in [6, 6.07) is -0.812. The lowest BCUT2D eigenvalue weighted by molar-refractivity contribution is -0.133. The summed E-state index contributed by atoms with van der Waals surface area (Å²) in [6.45, 7) is 0.632. The van der Waals surface area contributed by atoms with Gasteiger partial charge in [0, 0.05) is 44.6 Å². The molecule has 130 valence electrons. The largest absolute Gasteiger partial charge is 0.376 e. The van der Waals surface area contributed by atoms with Crippen LogP contribution in [0.3, 0.4) is 0 Å². The summed E-state index contributed by atoms with van der Waals surface area (Å²) < 4.78 is 10.00. The van der Waals surface area contributed by atoms with E-state index in [2.05, 4.69) is 14.7 Å². The van der Waals surface area contributed by atoms with E-state index in [0.717, 1.165) is 25.1 Å². The second-order valence-corrected chi connectivity index (χ2v) is 7.57. The number of fused-ring (bicyclic) bond motifs is 1. The fourth-order valence-corrected chi connectivity index (χ4v) is 4.14. The van der Waals surface area contributed by atoms with E-state index in [0.29, 0.717) is 24.1 Å². The number of amides is 3. The molecule has 0 radical (unpaired) electrons. The lowest BCUT2D eigenvalue weighted by Gasteiger charge is -2.29. The van der Waals surface area contributed by atoms with Crippen molar-refractivity contribution in [1.82, 2.24) is 19.2 Å². The molecule has 3 aliphatic rings. The first-order valence-electron chi connectivity index (χ1n) is 8.30. The molecule has 1 N–H and O–H groups in total. The first-order chi connectivity index (χ1) is 11.5.